The largest absolute Gasteiger partial charge is 0.445 e. The predicted octanol–water partition coefficient (Wildman–Crippen LogP) is 1.75. The summed E-state index contributed by atoms with van der Waals surface area (Å²) in [7, 11) is 0. The molecule has 1 aromatic carbocycles. The second kappa shape index (κ2) is 12.0. The van der Waals surface area contributed by atoms with Gasteiger partial charge in [0.2, 0.25) is 5.91 Å². The molecule has 0 aromatic heterocycles. The van der Waals surface area contributed by atoms with Crippen molar-refractivity contribution in [2.45, 2.75) is 57.6 Å². The summed E-state index contributed by atoms with van der Waals surface area (Å²) in [6.07, 6.45) is 5.66. The van der Waals surface area contributed by atoms with Gasteiger partial charge in [-0.2, -0.15) is 0 Å². The molecule has 1 aliphatic carbocycles. The fourth-order valence-corrected chi connectivity index (χ4v) is 3.32. The van der Waals surface area contributed by atoms with Gasteiger partial charge in [-0.3, -0.25) is 15.0 Å². The lowest BCUT2D eigenvalue weighted by molar-refractivity contribution is -0.125. The second-order valence-electron chi connectivity index (χ2n) is 7.13. The standard InChI is InChI=1S/C20H30N4O4/c21-18(25)11-12-22-24-19(26)17(13-15-7-3-1-4-8-15)23-20(27)28-14-16-9-5-2-6-10-16/h2,5-6,9-10,15,17,22H,1,3-4,7-8,11-14H2,(H2,21,25)(H,23,27)(H,24,26)/t17-/m0/s1. The average Bonchev–Trinajstić information content (AvgIpc) is 2.70. The van der Waals surface area contributed by atoms with E-state index in [2.05, 4.69) is 16.2 Å². The lowest BCUT2D eigenvalue weighted by Gasteiger charge is -2.26. The van der Waals surface area contributed by atoms with Gasteiger partial charge in [0.1, 0.15) is 12.6 Å². The first-order valence-electron chi connectivity index (χ1n) is 9.83. The minimum atomic E-state index is -0.701. The number of carbonyl (C=O) groups excluding carboxylic acids is 3. The van der Waals surface area contributed by atoms with Gasteiger partial charge >= 0.3 is 6.09 Å². The maximum absolute atomic E-state index is 12.5. The first-order valence-corrected chi connectivity index (χ1v) is 9.83. The molecule has 3 amide bonds. The number of hydrogen-bond acceptors (Lipinski definition) is 5. The number of nitrogens with one attached hydrogen (secondary N) is 3. The summed E-state index contributed by atoms with van der Waals surface area (Å²) in [6.45, 7) is 0.372. The minimum Gasteiger partial charge on any atom is -0.445 e. The molecule has 0 bridgehead atoms. The topological polar surface area (TPSA) is 123 Å². The molecule has 0 heterocycles. The van der Waals surface area contributed by atoms with E-state index in [-0.39, 0.29) is 25.5 Å². The third-order valence-corrected chi connectivity index (χ3v) is 4.82. The van der Waals surface area contributed by atoms with E-state index in [0.717, 1.165) is 31.2 Å². The summed E-state index contributed by atoms with van der Waals surface area (Å²) < 4.78 is 5.24. The van der Waals surface area contributed by atoms with E-state index >= 15 is 0 Å². The molecule has 0 unspecified atom stereocenters. The average molecular weight is 390 g/mol. The molecule has 1 aliphatic rings. The number of primary amides is 1. The van der Waals surface area contributed by atoms with Gasteiger partial charge in [-0.15, -0.1) is 0 Å². The van der Waals surface area contributed by atoms with Crippen LogP contribution in [0.4, 0.5) is 4.79 Å². The maximum Gasteiger partial charge on any atom is 0.408 e. The van der Waals surface area contributed by atoms with Crippen LogP contribution in [-0.4, -0.2) is 30.5 Å². The van der Waals surface area contributed by atoms with Crippen molar-refractivity contribution in [1.29, 1.82) is 0 Å². The quantitative estimate of drug-likeness (QED) is 0.358. The van der Waals surface area contributed by atoms with Crippen LogP contribution in [0.15, 0.2) is 30.3 Å². The van der Waals surface area contributed by atoms with E-state index in [1.807, 2.05) is 30.3 Å². The molecule has 1 aromatic rings. The van der Waals surface area contributed by atoms with Gasteiger partial charge < -0.3 is 15.8 Å². The smallest absolute Gasteiger partial charge is 0.408 e. The van der Waals surface area contributed by atoms with Crippen molar-refractivity contribution >= 4 is 17.9 Å². The molecule has 0 spiro atoms. The monoisotopic (exact) mass is 390 g/mol. The molecule has 8 nitrogen and oxygen atoms in total. The maximum atomic E-state index is 12.5. The zero-order valence-corrected chi connectivity index (χ0v) is 16.1. The van der Waals surface area contributed by atoms with Gasteiger partial charge in [-0.1, -0.05) is 62.4 Å². The highest BCUT2D eigenvalue weighted by molar-refractivity contribution is 5.85. The molecular weight excluding hydrogens is 360 g/mol. The van der Waals surface area contributed by atoms with Crippen LogP contribution in [0, 0.1) is 5.92 Å². The lowest BCUT2D eigenvalue weighted by atomic mass is 9.84. The number of rotatable bonds is 10. The summed E-state index contributed by atoms with van der Waals surface area (Å²) in [5.41, 5.74) is 11.2. The minimum absolute atomic E-state index is 0.111. The Morgan fingerprint density at radius 1 is 1.11 bits per heavy atom. The van der Waals surface area contributed by atoms with Crippen LogP contribution >= 0.6 is 0 Å². The number of carbonyl (C=O) groups is 3. The Balaban J connectivity index is 1.85. The van der Waals surface area contributed by atoms with E-state index < -0.39 is 18.0 Å². The number of hydrogen-bond donors (Lipinski definition) is 4. The number of amides is 3. The lowest BCUT2D eigenvalue weighted by Crippen LogP contribution is -2.52. The van der Waals surface area contributed by atoms with E-state index in [1.54, 1.807) is 0 Å². The molecule has 0 aliphatic heterocycles. The Labute approximate surface area is 165 Å². The number of nitrogens with two attached hydrogens (primary N) is 1. The molecule has 28 heavy (non-hydrogen) atoms. The first kappa shape index (κ1) is 21.7. The van der Waals surface area contributed by atoms with Gasteiger partial charge in [-0.25, -0.2) is 10.2 Å². The molecule has 0 radical (unpaired) electrons. The first-order chi connectivity index (χ1) is 13.5. The fraction of sp³-hybridized carbons (Fsp3) is 0.550. The third-order valence-electron chi connectivity index (χ3n) is 4.82. The zero-order chi connectivity index (χ0) is 20.2. The molecule has 154 valence electrons. The predicted molar refractivity (Wildman–Crippen MR) is 105 cm³/mol. The molecule has 8 heteroatoms. The van der Waals surface area contributed by atoms with Gasteiger partial charge in [-0.05, 0) is 17.9 Å². The number of alkyl carbamates (subject to hydrolysis) is 1. The molecule has 1 atom stereocenters. The van der Waals surface area contributed by atoms with Crippen LogP contribution in [0.1, 0.15) is 50.5 Å². The number of benzene rings is 1. The molecule has 0 saturated heterocycles. The van der Waals surface area contributed by atoms with Crippen LogP contribution < -0.4 is 21.9 Å². The molecule has 1 fully saturated rings. The Morgan fingerprint density at radius 2 is 1.82 bits per heavy atom. The van der Waals surface area contributed by atoms with Gasteiger partial charge in [0.25, 0.3) is 5.91 Å². The summed E-state index contributed by atoms with van der Waals surface area (Å²) in [5, 5.41) is 2.68. The van der Waals surface area contributed by atoms with Crippen molar-refractivity contribution in [1.82, 2.24) is 16.2 Å². The summed E-state index contributed by atoms with van der Waals surface area (Å²) in [5.74, 6) is -0.417. The van der Waals surface area contributed by atoms with Crippen molar-refractivity contribution in [2.75, 3.05) is 6.54 Å². The molecule has 5 N–H and O–H groups in total. The Kier molecular flexibility index (Phi) is 9.27. The van der Waals surface area contributed by atoms with Gasteiger partial charge in [0.15, 0.2) is 0 Å². The van der Waals surface area contributed by atoms with Crippen LogP contribution in [0.2, 0.25) is 0 Å². The van der Waals surface area contributed by atoms with E-state index in [0.29, 0.717) is 12.3 Å². The van der Waals surface area contributed by atoms with Crippen LogP contribution in [-0.2, 0) is 20.9 Å². The van der Waals surface area contributed by atoms with Crippen molar-refractivity contribution in [2.24, 2.45) is 11.7 Å². The van der Waals surface area contributed by atoms with Crippen molar-refractivity contribution in [3.8, 4) is 0 Å². The Bertz CT molecular complexity index is 632. The summed E-state index contributed by atoms with van der Waals surface area (Å²) in [6, 6.07) is 8.65. The zero-order valence-electron chi connectivity index (χ0n) is 16.1. The van der Waals surface area contributed by atoms with E-state index in [9.17, 15) is 14.4 Å². The highest BCUT2D eigenvalue weighted by Gasteiger charge is 2.26. The number of hydrazine groups is 1. The number of ether oxygens (including phenoxy) is 1. The highest BCUT2D eigenvalue weighted by Crippen LogP contribution is 2.27. The van der Waals surface area contributed by atoms with Gasteiger partial charge in [0, 0.05) is 13.0 Å². The second-order valence-corrected chi connectivity index (χ2v) is 7.13. The molecule has 1 saturated carbocycles. The fourth-order valence-electron chi connectivity index (χ4n) is 3.32. The van der Waals surface area contributed by atoms with Crippen LogP contribution in [0.5, 0.6) is 0 Å². The third kappa shape index (κ3) is 8.39. The van der Waals surface area contributed by atoms with Crippen molar-refractivity contribution < 1.29 is 19.1 Å². The van der Waals surface area contributed by atoms with Crippen LogP contribution in [0.25, 0.3) is 0 Å². The normalized spacial score (nSPS) is 15.4. The molecule has 2 rings (SSSR count). The Hall–Kier alpha value is -2.61. The van der Waals surface area contributed by atoms with E-state index in [4.69, 9.17) is 10.5 Å². The SMILES string of the molecule is NC(=O)CCNNC(=O)[C@H](CC1CCCCC1)NC(=O)OCc1ccccc1. The highest BCUT2D eigenvalue weighted by atomic mass is 16.5. The van der Waals surface area contributed by atoms with Crippen molar-refractivity contribution in [3.05, 3.63) is 35.9 Å². The van der Waals surface area contributed by atoms with Crippen molar-refractivity contribution in [3.63, 3.8) is 0 Å². The Morgan fingerprint density at radius 3 is 2.50 bits per heavy atom. The molecular formula is C20H30N4O4. The van der Waals surface area contributed by atoms with E-state index in [1.165, 1.54) is 6.42 Å². The summed E-state index contributed by atoms with van der Waals surface area (Å²) >= 11 is 0. The van der Waals surface area contributed by atoms with Crippen LogP contribution in [0.3, 0.4) is 0 Å². The summed E-state index contributed by atoms with van der Waals surface area (Å²) in [4.78, 5) is 35.5. The van der Waals surface area contributed by atoms with Gasteiger partial charge in [0.05, 0.1) is 0 Å².